The van der Waals surface area contributed by atoms with Crippen LogP contribution in [0.4, 0.5) is 0 Å². The van der Waals surface area contributed by atoms with E-state index in [-0.39, 0.29) is 11.4 Å². The Labute approximate surface area is 163 Å². The summed E-state index contributed by atoms with van der Waals surface area (Å²) in [4.78, 5) is 17.6. The summed E-state index contributed by atoms with van der Waals surface area (Å²) >= 11 is 0. The second-order valence-corrected chi connectivity index (χ2v) is 8.59. The Balaban J connectivity index is 1.44. The van der Waals surface area contributed by atoms with Gasteiger partial charge in [-0.1, -0.05) is 47.5 Å². The highest BCUT2D eigenvalue weighted by molar-refractivity contribution is 5.94. The lowest BCUT2D eigenvalue weighted by atomic mass is 9.81. The predicted molar refractivity (Wildman–Crippen MR) is 110 cm³/mol. The van der Waals surface area contributed by atoms with E-state index in [1.165, 1.54) is 12.0 Å². The minimum atomic E-state index is 0.192. The second kappa shape index (κ2) is 7.12. The molecule has 2 saturated heterocycles. The van der Waals surface area contributed by atoms with Crippen LogP contribution in [-0.2, 0) is 0 Å². The minimum absolute atomic E-state index is 0.192. The average molecular weight is 363 g/mol. The van der Waals surface area contributed by atoms with Crippen molar-refractivity contribution in [1.82, 2.24) is 9.80 Å². The second-order valence-electron chi connectivity index (χ2n) is 8.59. The molecule has 1 atom stereocenters. The summed E-state index contributed by atoms with van der Waals surface area (Å²) in [6, 6.07) is 17.1. The fraction of sp³-hybridized carbons (Fsp3) is 0.458. The van der Waals surface area contributed by atoms with Gasteiger partial charge in [0, 0.05) is 30.7 Å². The number of carbonyl (C=O) groups excluding carboxylic acids is 1. The molecule has 0 aromatic heterocycles. The van der Waals surface area contributed by atoms with E-state index in [0.717, 1.165) is 49.2 Å². The zero-order valence-electron chi connectivity index (χ0n) is 16.7. The molecule has 3 nitrogen and oxygen atoms in total. The van der Waals surface area contributed by atoms with Crippen molar-refractivity contribution in [3.8, 4) is 0 Å². The van der Waals surface area contributed by atoms with Crippen molar-refractivity contribution in [2.45, 2.75) is 44.6 Å². The number of likely N-dealkylation sites (N-methyl/N-ethyl adjacent to an activating group) is 1. The molecule has 4 rings (SSSR count). The number of benzene rings is 2. The third-order valence-electron chi connectivity index (χ3n) is 6.65. The highest BCUT2D eigenvalue weighted by Gasteiger charge is 2.46. The molecule has 2 aliphatic rings. The quantitative estimate of drug-likeness (QED) is 0.791. The van der Waals surface area contributed by atoms with Gasteiger partial charge in [-0.3, -0.25) is 9.69 Å². The van der Waals surface area contributed by atoms with Crippen LogP contribution in [0.15, 0.2) is 48.5 Å². The maximum absolute atomic E-state index is 13.0. The third kappa shape index (κ3) is 3.53. The van der Waals surface area contributed by atoms with Crippen molar-refractivity contribution in [2.75, 3.05) is 26.7 Å². The van der Waals surface area contributed by atoms with Gasteiger partial charge in [0.25, 0.3) is 5.91 Å². The Morgan fingerprint density at radius 1 is 1.00 bits per heavy atom. The first kappa shape index (κ1) is 18.2. The maximum Gasteiger partial charge on any atom is 0.253 e. The van der Waals surface area contributed by atoms with Crippen molar-refractivity contribution >= 4 is 5.91 Å². The molecular formula is C24H30N2O. The molecule has 0 radical (unpaired) electrons. The monoisotopic (exact) mass is 362 g/mol. The van der Waals surface area contributed by atoms with Gasteiger partial charge in [0.2, 0.25) is 0 Å². The van der Waals surface area contributed by atoms with E-state index in [2.05, 4.69) is 67.1 Å². The fourth-order valence-electron chi connectivity index (χ4n) is 5.14. The van der Waals surface area contributed by atoms with Crippen LogP contribution >= 0.6 is 0 Å². The van der Waals surface area contributed by atoms with Crippen LogP contribution < -0.4 is 0 Å². The van der Waals surface area contributed by atoms with Crippen molar-refractivity contribution in [3.63, 3.8) is 0 Å². The number of hydrogen-bond acceptors (Lipinski definition) is 2. The zero-order chi connectivity index (χ0) is 19.0. The predicted octanol–water partition coefficient (Wildman–Crippen LogP) is 4.40. The molecule has 3 heteroatoms. The number of nitrogens with zero attached hydrogens (tertiary/aromatic N) is 2. The van der Waals surface area contributed by atoms with Gasteiger partial charge in [-0.15, -0.1) is 0 Å². The first-order valence-electron chi connectivity index (χ1n) is 10.1. The molecule has 2 aromatic carbocycles. The van der Waals surface area contributed by atoms with E-state index < -0.39 is 0 Å². The molecule has 1 amide bonds. The lowest BCUT2D eigenvalue weighted by molar-refractivity contribution is 0.0492. The molecule has 142 valence electrons. The fourth-order valence-corrected chi connectivity index (χ4v) is 5.14. The lowest BCUT2D eigenvalue weighted by Crippen LogP contribution is -2.52. The molecule has 2 aromatic rings. The standard InChI is InChI=1S/C24H30N2O/c1-18-13-19(2)15-21(14-18)23(27)26-11-9-24(10-12-26)16-22(17-25(24)3)20-7-5-4-6-8-20/h4-8,13-15,22H,9-12,16-17H2,1-3H3/t22-/m0/s1. The summed E-state index contributed by atoms with van der Waals surface area (Å²) in [6.45, 7) is 6.96. The van der Waals surface area contributed by atoms with Gasteiger partial charge in [-0.05, 0) is 63.8 Å². The molecule has 0 bridgehead atoms. The molecule has 2 aliphatic heterocycles. The molecule has 0 saturated carbocycles. The molecule has 2 fully saturated rings. The van der Waals surface area contributed by atoms with E-state index in [0.29, 0.717) is 5.92 Å². The number of aryl methyl sites for hydroxylation is 2. The van der Waals surface area contributed by atoms with Gasteiger partial charge in [-0.2, -0.15) is 0 Å². The largest absolute Gasteiger partial charge is 0.339 e. The van der Waals surface area contributed by atoms with Crippen molar-refractivity contribution in [3.05, 3.63) is 70.8 Å². The first-order chi connectivity index (χ1) is 13.0. The average Bonchev–Trinajstić information content (AvgIpc) is 2.98. The third-order valence-corrected chi connectivity index (χ3v) is 6.65. The zero-order valence-corrected chi connectivity index (χ0v) is 16.7. The van der Waals surface area contributed by atoms with Gasteiger partial charge < -0.3 is 4.90 Å². The normalized spacial score (nSPS) is 22.3. The Morgan fingerprint density at radius 2 is 1.63 bits per heavy atom. The lowest BCUT2D eigenvalue weighted by Gasteiger charge is -2.43. The van der Waals surface area contributed by atoms with Crippen molar-refractivity contribution in [1.29, 1.82) is 0 Å². The summed E-state index contributed by atoms with van der Waals surface area (Å²) in [7, 11) is 2.27. The Kier molecular flexibility index (Phi) is 4.81. The number of carbonyl (C=O) groups is 1. The smallest absolute Gasteiger partial charge is 0.253 e. The van der Waals surface area contributed by atoms with Gasteiger partial charge in [0.1, 0.15) is 0 Å². The van der Waals surface area contributed by atoms with Crippen LogP contribution in [0.3, 0.4) is 0 Å². The number of amides is 1. The molecular weight excluding hydrogens is 332 g/mol. The van der Waals surface area contributed by atoms with Gasteiger partial charge in [0.05, 0.1) is 0 Å². The highest BCUT2D eigenvalue weighted by atomic mass is 16.2. The first-order valence-corrected chi connectivity index (χ1v) is 10.1. The topological polar surface area (TPSA) is 23.6 Å². The molecule has 0 unspecified atom stereocenters. The Hall–Kier alpha value is -2.13. The summed E-state index contributed by atoms with van der Waals surface area (Å²) in [5.41, 5.74) is 4.86. The number of likely N-dealkylation sites (tertiary alicyclic amines) is 2. The van der Waals surface area contributed by atoms with Gasteiger partial charge in [-0.25, -0.2) is 0 Å². The van der Waals surface area contributed by atoms with Crippen LogP contribution in [0.2, 0.25) is 0 Å². The molecule has 0 aliphatic carbocycles. The summed E-state index contributed by atoms with van der Waals surface area (Å²) in [5.74, 6) is 0.801. The van der Waals surface area contributed by atoms with Crippen LogP contribution in [0.25, 0.3) is 0 Å². The van der Waals surface area contributed by atoms with Gasteiger partial charge >= 0.3 is 0 Å². The number of rotatable bonds is 2. The SMILES string of the molecule is Cc1cc(C)cc(C(=O)N2CCC3(CC2)C[C@H](c2ccccc2)CN3C)c1. The van der Waals surface area contributed by atoms with E-state index in [9.17, 15) is 4.79 Å². The van der Waals surface area contributed by atoms with E-state index in [1.807, 2.05) is 12.1 Å². The minimum Gasteiger partial charge on any atom is -0.339 e. The highest BCUT2D eigenvalue weighted by Crippen LogP contribution is 2.44. The molecule has 27 heavy (non-hydrogen) atoms. The summed E-state index contributed by atoms with van der Waals surface area (Å²) < 4.78 is 0. The van der Waals surface area contributed by atoms with Crippen LogP contribution in [0, 0.1) is 13.8 Å². The van der Waals surface area contributed by atoms with Crippen LogP contribution in [-0.4, -0.2) is 47.9 Å². The van der Waals surface area contributed by atoms with Gasteiger partial charge in [0.15, 0.2) is 0 Å². The molecule has 1 spiro atoms. The van der Waals surface area contributed by atoms with E-state index in [1.54, 1.807) is 0 Å². The van der Waals surface area contributed by atoms with Crippen molar-refractivity contribution in [2.24, 2.45) is 0 Å². The summed E-state index contributed by atoms with van der Waals surface area (Å²) in [6.07, 6.45) is 3.35. The van der Waals surface area contributed by atoms with Crippen LogP contribution in [0.5, 0.6) is 0 Å². The van der Waals surface area contributed by atoms with E-state index >= 15 is 0 Å². The Morgan fingerprint density at radius 3 is 2.26 bits per heavy atom. The molecule has 0 N–H and O–H groups in total. The van der Waals surface area contributed by atoms with E-state index in [4.69, 9.17) is 0 Å². The van der Waals surface area contributed by atoms with Crippen LogP contribution in [0.1, 0.15) is 52.2 Å². The Bertz CT molecular complexity index is 801. The molecule has 2 heterocycles. The van der Waals surface area contributed by atoms with Crippen molar-refractivity contribution < 1.29 is 4.79 Å². The number of hydrogen-bond donors (Lipinski definition) is 0. The number of piperidine rings is 1. The summed E-state index contributed by atoms with van der Waals surface area (Å²) in [5, 5.41) is 0. The maximum atomic E-state index is 13.0.